The third kappa shape index (κ3) is 3.87. The number of H-pyrrole nitrogens is 1. The summed E-state index contributed by atoms with van der Waals surface area (Å²) in [6, 6.07) is 9.75. The van der Waals surface area contributed by atoms with Crippen molar-refractivity contribution in [3.63, 3.8) is 0 Å². The minimum Gasteiger partial charge on any atom is -0.342 e. The SMILES string of the molecule is CCCCc1nc2ccc(NC(=O)c3ccccc3C(F)(F)F)cc2[nH]1. The zero-order chi connectivity index (χ0) is 18.7. The Morgan fingerprint density at radius 2 is 1.96 bits per heavy atom. The number of aromatic nitrogens is 2. The van der Waals surface area contributed by atoms with Gasteiger partial charge in [-0.15, -0.1) is 0 Å². The number of unbranched alkanes of at least 4 members (excludes halogenated alkanes) is 1. The molecule has 0 saturated carbocycles. The summed E-state index contributed by atoms with van der Waals surface area (Å²) in [5.74, 6) is 0.0516. The lowest BCUT2D eigenvalue weighted by molar-refractivity contribution is -0.137. The van der Waals surface area contributed by atoms with Crippen molar-refractivity contribution in [1.29, 1.82) is 0 Å². The molecule has 1 aromatic heterocycles. The summed E-state index contributed by atoms with van der Waals surface area (Å²) < 4.78 is 39.2. The van der Waals surface area contributed by atoms with E-state index in [1.807, 2.05) is 0 Å². The van der Waals surface area contributed by atoms with Crippen LogP contribution in [-0.2, 0) is 12.6 Å². The highest BCUT2D eigenvalue weighted by Crippen LogP contribution is 2.32. The number of alkyl halides is 3. The summed E-state index contributed by atoms with van der Waals surface area (Å²) in [6.45, 7) is 2.09. The third-order valence-corrected chi connectivity index (χ3v) is 4.03. The number of halogens is 3. The molecule has 4 nitrogen and oxygen atoms in total. The van der Waals surface area contributed by atoms with E-state index in [0.29, 0.717) is 5.69 Å². The van der Waals surface area contributed by atoms with Crippen LogP contribution in [0.15, 0.2) is 42.5 Å². The van der Waals surface area contributed by atoms with E-state index in [4.69, 9.17) is 0 Å². The van der Waals surface area contributed by atoms with Crippen molar-refractivity contribution in [2.24, 2.45) is 0 Å². The first-order valence-corrected chi connectivity index (χ1v) is 8.34. The van der Waals surface area contributed by atoms with Gasteiger partial charge in [-0.1, -0.05) is 25.5 Å². The average molecular weight is 361 g/mol. The van der Waals surface area contributed by atoms with Gasteiger partial charge in [-0.3, -0.25) is 4.79 Å². The number of nitrogens with one attached hydrogen (secondary N) is 2. The first kappa shape index (κ1) is 18.0. The Morgan fingerprint density at radius 1 is 1.19 bits per heavy atom. The molecule has 0 fully saturated rings. The van der Waals surface area contributed by atoms with Gasteiger partial charge in [0.2, 0.25) is 0 Å². The molecule has 0 radical (unpaired) electrons. The van der Waals surface area contributed by atoms with Crippen LogP contribution in [0.2, 0.25) is 0 Å². The number of hydrogen-bond acceptors (Lipinski definition) is 2. The van der Waals surface area contributed by atoms with Crippen molar-refractivity contribution in [3.05, 3.63) is 59.4 Å². The van der Waals surface area contributed by atoms with Gasteiger partial charge >= 0.3 is 6.18 Å². The number of fused-ring (bicyclic) bond motifs is 1. The van der Waals surface area contributed by atoms with E-state index >= 15 is 0 Å². The molecule has 0 aliphatic carbocycles. The molecule has 1 amide bonds. The maximum Gasteiger partial charge on any atom is 0.417 e. The van der Waals surface area contributed by atoms with Gasteiger partial charge in [0.25, 0.3) is 5.91 Å². The summed E-state index contributed by atoms with van der Waals surface area (Å²) in [7, 11) is 0. The molecule has 26 heavy (non-hydrogen) atoms. The van der Waals surface area contributed by atoms with E-state index in [1.54, 1.807) is 18.2 Å². The highest BCUT2D eigenvalue weighted by atomic mass is 19.4. The van der Waals surface area contributed by atoms with Gasteiger partial charge in [-0.05, 0) is 36.8 Å². The quantitative estimate of drug-likeness (QED) is 0.658. The Balaban J connectivity index is 1.84. The van der Waals surface area contributed by atoms with Gasteiger partial charge in [-0.2, -0.15) is 13.2 Å². The van der Waals surface area contributed by atoms with Crippen LogP contribution in [0.4, 0.5) is 18.9 Å². The Morgan fingerprint density at radius 3 is 2.69 bits per heavy atom. The molecular weight excluding hydrogens is 343 g/mol. The second kappa shape index (κ2) is 7.19. The standard InChI is InChI=1S/C19H18F3N3O/c1-2-3-8-17-24-15-10-9-12(11-16(15)25-17)23-18(26)13-6-4-5-7-14(13)19(20,21)22/h4-7,9-11H,2-3,8H2,1H3,(H,23,26)(H,24,25). The molecule has 1 heterocycles. The Bertz CT molecular complexity index is 931. The second-order valence-corrected chi connectivity index (χ2v) is 6.02. The molecule has 0 unspecified atom stereocenters. The van der Waals surface area contributed by atoms with Crippen molar-refractivity contribution in [2.45, 2.75) is 32.4 Å². The first-order valence-electron chi connectivity index (χ1n) is 8.34. The van der Waals surface area contributed by atoms with Gasteiger partial charge < -0.3 is 10.3 Å². The van der Waals surface area contributed by atoms with E-state index in [-0.39, 0.29) is 0 Å². The maximum absolute atomic E-state index is 13.1. The Hall–Kier alpha value is -2.83. The highest BCUT2D eigenvalue weighted by molar-refractivity contribution is 6.06. The van der Waals surface area contributed by atoms with Gasteiger partial charge in [0.1, 0.15) is 5.82 Å². The number of anilines is 1. The molecule has 0 aliphatic heterocycles. The van der Waals surface area contributed by atoms with Gasteiger partial charge in [0.05, 0.1) is 22.2 Å². The van der Waals surface area contributed by atoms with E-state index < -0.39 is 23.2 Å². The number of hydrogen-bond donors (Lipinski definition) is 2. The van der Waals surface area contributed by atoms with Crippen molar-refractivity contribution in [2.75, 3.05) is 5.32 Å². The van der Waals surface area contributed by atoms with Crippen LogP contribution in [0.25, 0.3) is 11.0 Å². The number of aryl methyl sites for hydroxylation is 1. The smallest absolute Gasteiger partial charge is 0.342 e. The molecule has 0 bridgehead atoms. The number of carbonyl (C=O) groups is 1. The monoisotopic (exact) mass is 361 g/mol. The zero-order valence-corrected chi connectivity index (χ0v) is 14.2. The minimum atomic E-state index is -4.59. The summed E-state index contributed by atoms with van der Waals surface area (Å²) >= 11 is 0. The molecule has 2 aromatic carbocycles. The fourth-order valence-corrected chi connectivity index (χ4v) is 2.73. The number of carbonyl (C=O) groups excluding carboxylic acids is 1. The summed E-state index contributed by atoms with van der Waals surface area (Å²) in [5, 5.41) is 2.53. The van der Waals surface area contributed by atoms with E-state index in [9.17, 15) is 18.0 Å². The number of aromatic amines is 1. The molecule has 0 aliphatic rings. The van der Waals surface area contributed by atoms with Crippen LogP contribution in [0.5, 0.6) is 0 Å². The lowest BCUT2D eigenvalue weighted by Crippen LogP contribution is -2.18. The summed E-state index contributed by atoms with van der Waals surface area (Å²) in [6.07, 6.45) is -1.70. The van der Waals surface area contributed by atoms with Crippen LogP contribution in [-0.4, -0.2) is 15.9 Å². The van der Waals surface area contributed by atoms with Gasteiger partial charge in [0, 0.05) is 12.1 Å². The van der Waals surface area contributed by atoms with Crippen molar-refractivity contribution < 1.29 is 18.0 Å². The third-order valence-electron chi connectivity index (χ3n) is 4.03. The molecule has 7 heteroatoms. The van der Waals surface area contributed by atoms with Crippen molar-refractivity contribution in [1.82, 2.24) is 9.97 Å². The predicted molar refractivity (Wildman–Crippen MR) is 94.1 cm³/mol. The Kier molecular flexibility index (Phi) is 4.97. The van der Waals surface area contributed by atoms with Crippen LogP contribution < -0.4 is 5.32 Å². The predicted octanol–water partition coefficient (Wildman–Crippen LogP) is 5.18. The number of imidazole rings is 1. The largest absolute Gasteiger partial charge is 0.417 e. The number of rotatable bonds is 5. The molecule has 2 N–H and O–H groups in total. The van der Waals surface area contributed by atoms with Crippen LogP contribution in [0.1, 0.15) is 41.5 Å². The Labute approximate surface area is 148 Å². The minimum absolute atomic E-state index is 0.408. The lowest BCUT2D eigenvalue weighted by atomic mass is 10.1. The number of benzene rings is 2. The molecular formula is C19H18F3N3O. The van der Waals surface area contributed by atoms with Crippen LogP contribution in [0.3, 0.4) is 0 Å². The van der Waals surface area contributed by atoms with Gasteiger partial charge in [0.15, 0.2) is 0 Å². The van der Waals surface area contributed by atoms with E-state index in [1.165, 1.54) is 12.1 Å². The molecule has 0 atom stereocenters. The number of amides is 1. The molecule has 0 spiro atoms. The molecule has 3 aromatic rings. The fourth-order valence-electron chi connectivity index (χ4n) is 2.73. The zero-order valence-electron chi connectivity index (χ0n) is 14.2. The molecule has 3 rings (SSSR count). The topological polar surface area (TPSA) is 57.8 Å². The highest BCUT2D eigenvalue weighted by Gasteiger charge is 2.34. The average Bonchev–Trinajstić information content (AvgIpc) is 3.01. The van der Waals surface area contributed by atoms with Crippen molar-refractivity contribution >= 4 is 22.6 Å². The van der Waals surface area contributed by atoms with Gasteiger partial charge in [-0.25, -0.2) is 4.98 Å². The normalized spacial score (nSPS) is 11.7. The first-order chi connectivity index (χ1) is 12.4. The maximum atomic E-state index is 13.1. The molecule has 0 saturated heterocycles. The van der Waals surface area contributed by atoms with Crippen LogP contribution in [0, 0.1) is 0 Å². The lowest BCUT2D eigenvalue weighted by Gasteiger charge is -2.12. The summed E-state index contributed by atoms with van der Waals surface area (Å²) in [4.78, 5) is 20.0. The number of nitrogens with zero attached hydrogens (tertiary/aromatic N) is 1. The van der Waals surface area contributed by atoms with E-state index in [0.717, 1.165) is 48.3 Å². The second-order valence-electron chi connectivity index (χ2n) is 6.02. The fraction of sp³-hybridized carbons (Fsp3) is 0.263. The molecule has 136 valence electrons. The van der Waals surface area contributed by atoms with Crippen LogP contribution >= 0.6 is 0 Å². The summed E-state index contributed by atoms with van der Waals surface area (Å²) in [5.41, 5.74) is 0.531. The van der Waals surface area contributed by atoms with E-state index in [2.05, 4.69) is 22.2 Å². The van der Waals surface area contributed by atoms with Crippen molar-refractivity contribution in [3.8, 4) is 0 Å².